The zero-order valence-electron chi connectivity index (χ0n) is 16.0. The molecule has 1 atom stereocenters. The Bertz CT molecular complexity index is 1050. The highest BCUT2D eigenvalue weighted by molar-refractivity contribution is 5.92. The Balaban J connectivity index is 1.42. The summed E-state index contributed by atoms with van der Waals surface area (Å²) in [6, 6.07) is 8.29. The van der Waals surface area contributed by atoms with Gasteiger partial charge in [-0.05, 0) is 31.2 Å². The number of hydrogen-bond donors (Lipinski definition) is 0. The van der Waals surface area contributed by atoms with E-state index in [1.165, 1.54) is 23.1 Å². The molecule has 10 heteroatoms. The van der Waals surface area contributed by atoms with Crippen molar-refractivity contribution in [1.29, 1.82) is 0 Å². The molecule has 0 aliphatic carbocycles. The van der Waals surface area contributed by atoms with Crippen LogP contribution < -0.4 is 4.74 Å². The topological polar surface area (TPSA) is 73.1 Å². The molecule has 0 radical (unpaired) electrons. The zero-order chi connectivity index (χ0) is 21.3. The number of aryl methyl sites for hydroxylation is 1. The Kier molecular flexibility index (Phi) is 5.15. The van der Waals surface area contributed by atoms with Crippen molar-refractivity contribution in [3.63, 3.8) is 0 Å². The van der Waals surface area contributed by atoms with E-state index >= 15 is 0 Å². The summed E-state index contributed by atoms with van der Waals surface area (Å²) in [5.41, 5.74) is 0.157. The van der Waals surface area contributed by atoms with Crippen molar-refractivity contribution in [1.82, 2.24) is 24.6 Å². The molecule has 2 aromatic heterocycles. The number of carbonyl (C=O) groups is 1. The van der Waals surface area contributed by atoms with Gasteiger partial charge >= 0.3 is 6.18 Å². The van der Waals surface area contributed by atoms with Gasteiger partial charge in [-0.2, -0.15) is 13.2 Å². The van der Waals surface area contributed by atoms with Gasteiger partial charge in [0, 0.05) is 19.2 Å². The molecular formula is C20H18F3N5O2. The molecule has 3 aromatic rings. The standard InChI is InChI=1S/C20H18F3N5O2/c1-13-10-28(12-24-13)18-7-6-16(25-26-18)19(29)27-9-8-14(11-27)30-17-5-3-2-4-15(17)20(21,22)23/h2-7,10,12,14H,8-9,11H2,1H3/t14-/m0/s1. The molecule has 0 saturated carbocycles. The van der Waals surface area contributed by atoms with Gasteiger partial charge < -0.3 is 9.64 Å². The fraction of sp³-hybridized carbons (Fsp3) is 0.300. The van der Waals surface area contributed by atoms with E-state index < -0.39 is 17.8 Å². The minimum atomic E-state index is -4.50. The Morgan fingerprint density at radius 1 is 1.17 bits per heavy atom. The zero-order valence-corrected chi connectivity index (χ0v) is 16.0. The molecule has 1 aliphatic heterocycles. The molecule has 7 nitrogen and oxygen atoms in total. The third-order valence-electron chi connectivity index (χ3n) is 4.76. The monoisotopic (exact) mass is 417 g/mol. The summed E-state index contributed by atoms with van der Waals surface area (Å²) in [4.78, 5) is 18.3. The Morgan fingerprint density at radius 2 is 1.97 bits per heavy atom. The summed E-state index contributed by atoms with van der Waals surface area (Å²) in [7, 11) is 0. The quantitative estimate of drug-likeness (QED) is 0.652. The third kappa shape index (κ3) is 4.12. The molecule has 1 aliphatic rings. The Morgan fingerprint density at radius 3 is 2.63 bits per heavy atom. The highest BCUT2D eigenvalue weighted by Crippen LogP contribution is 2.36. The second-order valence-corrected chi connectivity index (χ2v) is 6.97. The number of benzene rings is 1. The molecule has 30 heavy (non-hydrogen) atoms. The second kappa shape index (κ2) is 7.77. The highest BCUT2D eigenvalue weighted by atomic mass is 19.4. The van der Waals surface area contributed by atoms with Gasteiger partial charge in [0.2, 0.25) is 0 Å². The number of likely N-dealkylation sites (tertiary alicyclic amines) is 1. The summed E-state index contributed by atoms with van der Waals surface area (Å²) < 4.78 is 46.7. The van der Waals surface area contributed by atoms with E-state index in [1.54, 1.807) is 29.2 Å². The summed E-state index contributed by atoms with van der Waals surface area (Å²) in [5, 5.41) is 8.03. The maximum atomic E-state index is 13.1. The van der Waals surface area contributed by atoms with Crippen molar-refractivity contribution in [3.05, 3.63) is 65.9 Å². The number of alkyl halides is 3. The number of hydrogen-bond acceptors (Lipinski definition) is 5. The first kappa shape index (κ1) is 19.9. The molecule has 1 amide bonds. The van der Waals surface area contributed by atoms with E-state index in [-0.39, 0.29) is 23.9 Å². The van der Waals surface area contributed by atoms with E-state index in [0.717, 1.165) is 11.8 Å². The summed E-state index contributed by atoms with van der Waals surface area (Å²) in [5.74, 6) is -0.0475. The summed E-state index contributed by atoms with van der Waals surface area (Å²) in [6.45, 7) is 2.39. The van der Waals surface area contributed by atoms with Crippen LogP contribution in [0.3, 0.4) is 0 Å². The fourth-order valence-corrected chi connectivity index (χ4v) is 3.28. The van der Waals surface area contributed by atoms with Crippen LogP contribution in [0.4, 0.5) is 13.2 Å². The number of nitrogens with zero attached hydrogens (tertiary/aromatic N) is 5. The molecule has 0 unspecified atom stereocenters. The normalized spacial score (nSPS) is 16.7. The van der Waals surface area contributed by atoms with Crippen LogP contribution in [0.15, 0.2) is 48.9 Å². The molecule has 156 valence electrons. The first-order chi connectivity index (χ1) is 14.3. The van der Waals surface area contributed by atoms with Crippen LogP contribution in [0.2, 0.25) is 0 Å². The van der Waals surface area contributed by atoms with Gasteiger partial charge in [-0.3, -0.25) is 9.36 Å². The fourth-order valence-electron chi connectivity index (χ4n) is 3.28. The maximum Gasteiger partial charge on any atom is 0.419 e. The van der Waals surface area contributed by atoms with Crippen LogP contribution in [-0.2, 0) is 6.18 Å². The van der Waals surface area contributed by atoms with Crippen molar-refractivity contribution < 1.29 is 22.7 Å². The van der Waals surface area contributed by atoms with Crippen molar-refractivity contribution >= 4 is 5.91 Å². The number of ether oxygens (including phenoxy) is 1. The number of rotatable bonds is 4. The minimum Gasteiger partial charge on any atom is -0.488 e. The number of imidazole rings is 1. The Hall–Kier alpha value is -3.43. The summed E-state index contributed by atoms with van der Waals surface area (Å²) >= 11 is 0. The second-order valence-electron chi connectivity index (χ2n) is 6.97. The number of halogens is 3. The van der Waals surface area contributed by atoms with Crippen molar-refractivity contribution in [2.75, 3.05) is 13.1 Å². The molecule has 0 bridgehead atoms. The first-order valence-corrected chi connectivity index (χ1v) is 9.28. The smallest absolute Gasteiger partial charge is 0.419 e. The minimum absolute atomic E-state index is 0.159. The van der Waals surface area contributed by atoms with Gasteiger partial charge in [0.25, 0.3) is 5.91 Å². The van der Waals surface area contributed by atoms with Crippen molar-refractivity contribution in [3.8, 4) is 11.6 Å². The number of para-hydroxylation sites is 1. The molecule has 1 aromatic carbocycles. The molecule has 0 spiro atoms. The highest BCUT2D eigenvalue weighted by Gasteiger charge is 2.36. The maximum absolute atomic E-state index is 13.1. The van der Waals surface area contributed by atoms with E-state index in [0.29, 0.717) is 18.8 Å². The van der Waals surface area contributed by atoms with E-state index in [9.17, 15) is 18.0 Å². The van der Waals surface area contributed by atoms with E-state index in [1.807, 2.05) is 6.92 Å². The molecular weight excluding hydrogens is 399 g/mol. The average Bonchev–Trinajstić information content (AvgIpc) is 3.36. The molecule has 4 rings (SSSR count). The third-order valence-corrected chi connectivity index (χ3v) is 4.76. The van der Waals surface area contributed by atoms with Crippen LogP contribution >= 0.6 is 0 Å². The summed E-state index contributed by atoms with van der Waals surface area (Å²) in [6.07, 6.45) is -1.22. The lowest BCUT2D eigenvalue weighted by molar-refractivity contribution is -0.139. The van der Waals surface area contributed by atoms with Crippen molar-refractivity contribution in [2.45, 2.75) is 25.6 Å². The lowest BCUT2D eigenvalue weighted by atomic mass is 10.2. The lowest BCUT2D eigenvalue weighted by Gasteiger charge is -2.19. The van der Waals surface area contributed by atoms with Crippen LogP contribution in [0.5, 0.6) is 5.75 Å². The first-order valence-electron chi connectivity index (χ1n) is 9.28. The number of amides is 1. The number of aromatic nitrogens is 4. The van der Waals surface area contributed by atoms with Gasteiger partial charge in [-0.1, -0.05) is 12.1 Å². The van der Waals surface area contributed by atoms with Crippen molar-refractivity contribution in [2.24, 2.45) is 0 Å². The Labute approximate surface area is 170 Å². The average molecular weight is 417 g/mol. The van der Waals surface area contributed by atoms with Gasteiger partial charge in [-0.15, -0.1) is 10.2 Å². The van der Waals surface area contributed by atoms with Crippen LogP contribution in [0.25, 0.3) is 5.82 Å². The lowest BCUT2D eigenvalue weighted by Crippen LogP contribution is -2.32. The van der Waals surface area contributed by atoms with Gasteiger partial charge in [0.05, 0.1) is 17.8 Å². The molecule has 1 saturated heterocycles. The van der Waals surface area contributed by atoms with Crippen LogP contribution in [0.1, 0.15) is 28.2 Å². The van der Waals surface area contributed by atoms with Gasteiger partial charge in [0.15, 0.2) is 11.5 Å². The van der Waals surface area contributed by atoms with Gasteiger partial charge in [-0.25, -0.2) is 4.98 Å². The largest absolute Gasteiger partial charge is 0.488 e. The predicted octanol–water partition coefficient (Wildman–Crippen LogP) is 3.28. The van der Waals surface area contributed by atoms with Gasteiger partial charge in [0.1, 0.15) is 18.2 Å². The van der Waals surface area contributed by atoms with Crippen LogP contribution in [0, 0.1) is 6.92 Å². The predicted molar refractivity (Wildman–Crippen MR) is 100 cm³/mol. The van der Waals surface area contributed by atoms with Crippen LogP contribution in [-0.4, -0.2) is 49.7 Å². The molecule has 0 N–H and O–H groups in total. The molecule has 3 heterocycles. The SMILES string of the molecule is Cc1cn(-c2ccc(C(=O)N3CC[C@H](Oc4ccccc4C(F)(F)F)C3)nn2)cn1. The van der Waals surface area contributed by atoms with E-state index in [4.69, 9.17) is 4.74 Å². The van der Waals surface area contributed by atoms with E-state index in [2.05, 4.69) is 15.2 Å². The molecule has 1 fully saturated rings. The number of carbonyl (C=O) groups excluding carboxylic acids is 1.